The largest absolute Gasteiger partial charge is 0.414 e. The second-order valence-electron chi connectivity index (χ2n) is 10.8. The highest BCUT2D eigenvalue weighted by atomic mass is 28.4. The highest BCUT2D eigenvalue weighted by Crippen LogP contribution is 2.37. The second kappa shape index (κ2) is 10.9. The predicted octanol–water partition coefficient (Wildman–Crippen LogP) is 6.80. The van der Waals surface area contributed by atoms with E-state index in [1.165, 1.54) is 0 Å². The lowest BCUT2D eigenvalue weighted by Crippen LogP contribution is -2.52. The zero-order valence-electron chi connectivity index (χ0n) is 21.3. The summed E-state index contributed by atoms with van der Waals surface area (Å²) >= 11 is 0. The van der Waals surface area contributed by atoms with Crippen LogP contribution in [0.4, 0.5) is 0 Å². The van der Waals surface area contributed by atoms with Gasteiger partial charge >= 0.3 is 0 Å². The number of carbonyl (C=O) groups is 1. The number of hydrogen-bond acceptors (Lipinski definition) is 3. The second-order valence-corrected chi connectivity index (χ2v) is 15.6. The van der Waals surface area contributed by atoms with Gasteiger partial charge < -0.3 is 14.5 Å². The van der Waals surface area contributed by atoms with Crippen LogP contribution in [-0.4, -0.2) is 32.0 Å². The predicted molar refractivity (Wildman–Crippen MR) is 134 cm³/mol. The molecule has 0 spiro atoms. The van der Waals surface area contributed by atoms with Gasteiger partial charge in [-0.15, -0.1) is 6.58 Å². The van der Waals surface area contributed by atoms with E-state index in [-0.39, 0.29) is 17.0 Å². The van der Waals surface area contributed by atoms with Gasteiger partial charge in [-0.25, -0.2) is 0 Å². The van der Waals surface area contributed by atoms with Crippen LogP contribution in [0.2, 0.25) is 18.1 Å². The number of rotatable bonds is 12. The Hall–Kier alpha value is -1.43. The molecule has 1 aromatic rings. The fourth-order valence-electron chi connectivity index (χ4n) is 3.07. The Balaban J connectivity index is 3.15. The molecule has 1 unspecified atom stereocenters. The Kier molecular flexibility index (Phi) is 9.73. The molecule has 0 aliphatic rings. The summed E-state index contributed by atoms with van der Waals surface area (Å²) in [6.07, 6.45) is 4.31. The van der Waals surface area contributed by atoms with Crippen LogP contribution in [0.25, 0.3) is 0 Å². The van der Waals surface area contributed by atoms with Crippen molar-refractivity contribution < 1.29 is 14.0 Å². The molecule has 2 atom stereocenters. The summed E-state index contributed by atoms with van der Waals surface area (Å²) in [7, 11) is -1.96. The monoisotopic (exact) mass is 447 g/mol. The average molecular weight is 448 g/mol. The summed E-state index contributed by atoms with van der Waals surface area (Å²) in [5, 5.41) is 3.35. The summed E-state index contributed by atoms with van der Waals surface area (Å²) in [5.41, 5.74) is -0.507. The van der Waals surface area contributed by atoms with Crippen LogP contribution in [-0.2, 0) is 14.0 Å². The fourth-order valence-corrected chi connectivity index (χ4v) is 4.09. The van der Waals surface area contributed by atoms with Gasteiger partial charge in [0, 0.05) is 0 Å². The van der Waals surface area contributed by atoms with Crippen LogP contribution >= 0.6 is 0 Å². The smallest absolute Gasteiger partial charge is 0.252 e. The average Bonchev–Trinajstić information content (AvgIpc) is 2.68. The lowest BCUT2D eigenvalue weighted by atomic mass is 9.94. The van der Waals surface area contributed by atoms with Crippen molar-refractivity contribution in [1.82, 2.24) is 5.32 Å². The molecule has 1 rings (SSSR count). The summed E-state index contributed by atoms with van der Waals surface area (Å²) < 4.78 is 12.8. The van der Waals surface area contributed by atoms with E-state index in [0.717, 1.165) is 18.4 Å². The summed E-state index contributed by atoms with van der Waals surface area (Å²) in [4.78, 5) is 13.6. The SMILES string of the molecule is C=CC(C)(C)OC(C)(CCCC)C(=O)N[C@H](CO[Si](C)(C)C(C)(C)C)c1ccccc1. The summed E-state index contributed by atoms with van der Waals surface area (Å²) in [6, 6.07) is 9.82. The van der Waals surface area contributed by atoms with Crippen molar-refractivity contribution in [2.24, 2.45) is 0 Å². The Bertz CT molecular complexity index is 709. The normalized spacial score (nSPS) is 15.8. The van der Waals surface area contributed by atoms with Gasteiger partial charge in [-0.3, -0.25) is 4.79 Å². The number of ether oxygens (including phenoxy) is 1. The molecule has 1 amide bonds. The minimum Gasteiger partial charge on any atom is -0.414 e. The number of carbonyl (C=O) groups excluding carboxylic acids is 1. The highest BCUT2D eigenvalue weighted by molar-refractivity contribution is 6.74. The summed E-state index contributed by atoms with van der Waals surface area (Å²) in [6.45, 7) is 23.3. The Morgan fingerprint density at radius 3 is 2.19 bits per heavy atom. The van der Waals surface area contributed by atoms with Crippen LogP contribution in [0.15, 0.2) is 43.0 Å². The number of amides is 1. The van der Waals surface area contributed by atoms with E-state index in [1.807, 2.05) is 51.1 Å². The molecule has 0 radical (unpaired) electrons. The molecule has 0 saturated heterocycles. The maximum absolute atomic E-state index is 13.6. The molecule has 5 heteroatoms. The van der Waals surface area contributed by atoms with Gasteiger partial charge in [-0.1, -0.05) is 76.9 Å². The Labute approximate surface area is 191 Å². The van der Waals surface area contributed by atoms with E-state index in [4.69, 9.17) is 9.16 Å². The molecular weight excluding hydrogens is 402 g/mol. The van der Waals surface area contributed by atoms with Gasteiger partial charge in [-0.05, 0) is 50.9 Å². The van der Waals surface area contributed by atoms with Crippen LogP contribution in [0, 0.1) is 0 Å². The van der Waals surface area contributed by atoms with Crippen molar-refractivity contribution in [1.29, 1.82) is 0 Å². The molecule has 0 aliphatic carbocycles. The molecule has 176 valence electrons. The molecule has 0 heterocycles. The molecule has 4 nitrogen and oxygen atoms in total. The number of unbranched alkanes of at least 4 members (excludes halogenated alkanes) is 1. The molecule has 0 aliphatic heterocycles. The minimum absolute atomic E-state index is 0.102. The molecule has 1 N–H and O–H groups in total. The first-order valence-electron chi connectivity index (χ1n) is 11.5. The van der Waals surface area contributed by atoms with Crippen LogP contribution in [0.1, 0.15) is 79.3 Å². The molecule has 0 aromatic heterocycles. The van der Waals surface area contributed by atoms with Gasteiger partial charge in [0.25, 0.3) is 5.91 Å². The molecular formula is C26H45NO3Si. The first kappa shape index (κ1) is 27.6. The van der Waals surface area contributed by atoms with Gasteiger partial charge in [0.05, 0.1) is 18.2 Å². The van der Waals surface area contributed by atoms with E-state index in [0.29, 0.717) is 13.0 Å². The van der Waals surface area contributed by atoms with E-state index < -0.39 is 19.5 Å². The standard InChI is InChI=1S/C26H45NO3Si/c1-11-13-19-26(8,30-25(6,7)12-2)23(28)27-22(21-17-15-14-16-18-21)20-29-31(9,10)24(3,4)5/h12,14-18,22H,2,11,13,19-20H2,1,3-10H3,(H,27,28)/t22-,26?/m1/s1. The van der Waals surface area contributed by atoms with E-state index in [9.17, 15) is 4.79 Å². The van der Waals surface area contributed by atoms with Crippen molar-refractivity contribution in [3.05, 3.63) is 48.6 Å². The first-order valence-corrected chi connectivity index (χ1v) is 14.4. The topological polar surface area (TPSA) is 47.6 Å². The van der Waals surface area contributed by atoms with Gasteiger partial charge in [0.15, 0.2) is 8.32 Å². The zero-order valence-corrected chi connectivity index (χ0v) is 22.3. The quantitative estimate of drug-likeness (QED) is 0.283. The van der Waals surface area contributed by atoms with Gasteiger partial charge in [0.2, 0.25) is 0 Å². The maximum atomic E-state index is 13.6. The van der Waals surface area contributed by atoms with Crippen molar-refractivity contribution in [2.45, 2.75) is 103 Å². The van der Waals surface area contributed by atoms with Crippen LogP contribution in [0.3, 0.4) is 0 Å². The minimum atomic E-state index is -1.96. The Morgan fingerprint density at radius 1 is 1.13 bits per heavy atom. The Morgan fingerprint density at radius 2 is 1.71 bits per heavy atom. The molecule has 0 bridgehead atoms. The summed E-state index contributed by atoms with van der Waals surface area (Å²) in [5.74, 6) is -0.108. The van der Waals surface area contributed by atoms with Crippen LogP contribution in [0.5, 0.6) is 0 Å². The van der Waals surface area contributed by atoms with E-state index >= 15 is 0 Å². The maximum Gasteiger partial charge on any atom is 0.252 e. The molecule has 31 heavy (non-hydrogen) atoms. The van der Waals surface area contributed by atoms with E-state index in [2.05, 4.69) is 52.7 Å². The van der Waals surface area contributed by atoms with Crippen molar-refractivity contribution in [2.75, 3.05) is 6.61 Å². The van der Waals surface area contributed by atoms with Crippen molar-refractivity contribution in [3.8, 4) is 0 Å². The molecule has 0 fully saturated rings. The lowest BCUT2D eigenvalue weighted by Gasteiger charge is -2.39. The third-order valence-electron chi connectivity index (χ3n) is 6.39. The van der Waals surface area contributed by atoms with Crippen molar-refractivity contribution in [3.63, 3.8) is 0 Å². The fraction of sp³-hybridized carbons (Fsp3) is 0.654. The zero-order chi connectivity index (χ0) is 23.9. The van der Waals surface area contributed by atoms with Gasteiger partial charge in [-0.2, -0.15) is 0 Å². The third kappa shape index (κ3) is 8.21. The first-order chi connectivity index (χ1) is 14.2. The van der Waals surface area contributed by atoms with Gasteiger partial charge in [0.1, 0.15) is 5.60 Å². The number of nitrogens with one attached hydrogen (secondary N) is 1. The number of benzene rings is 1. The van der Waals surface area contributed by atoms with E-state index in [1.54, 1.807) is 6.08 Å². The third-order valence-corrected chi connectivity index (χ3v) is 10.9. The molecule has 0 saturated carbocycles. The lowest BCUT2D eigenvalue weighted by molar-refractivity contribution is -0.161. The number of hydrogen-bond donors (Lipinski definition) is 1. The van der Waals surface area contributed by atoms with Crippen LogP contribution < -0.4 is 5.32 Å². The molecule has 1 aromatic carbocycles. The van der Waals surface area contributed by atoms with Crippen molar-refractivity contribution >= 4 is 14.2 Å². The highest BCUT2D eigenvalue weighted by Gasteiger charge is 2.41.